The van der Waals surface area contributed by atoms with E-state index in [1.165, 1.54) is 36.8 Å². The van der Waals surface area contributed by atoms with Crippen LogP contribution in [0.15, 0.2) is 60.7 Å². The van der Waals surface area contributed by atoms with Gasteiger partial charge in [0.25, 0.3) is 0 Å². The van der Waals surface area contributed by atoms with Crippen LogP contribution < -0.4 is 0 Å². The number of ether oxygens (including phenoxy) is 1. The van der Waals surface area contributed by atoms with Crippen LogP contribution in [0.1, 0.15) is 49.7 Å². The van der Waals surface area contributed by atoms with Gasteiger partial charge in [0, 0.05) is 10.7 Å². The second-order valence-corrected chi connectivity index (χ2v) is 8.72. The van der Waals surface area contributed by atoms with Crippen LogP contribution in [0, 0.1) is 0 Å². The molecule has 0 heterocycles. The molecule has 2 aromatic carbocycles. The molecular formula is C24H32Br2O. The molecule has 3 heteroatoms. The van der Waals surface area contributed by atoms with Gasteiger partial charge in [0.05, 0.1) is 12.2 Å². The number of hydrogen-bond donors (Lipinski definition) is 0. The van der Waals surface area contributed by atoms with E-state index in [-0.39, 0.29) is 0 Å². The van der Waals surface area contributed by atoms with E-state index in [4.69, 9.17) is 4.74 Å². The molecule has 2 atom stereocenters. The molecule has 0 aliphatic rings. The number of hydrogen-bond acceptors (Lipinski definition) is 1. The standard InChI is InChI=1S/C24H32Br2O/c25-17-9-7-15-23(19-21-11-3-1-4-12-21)27-24(16-8-10-18-26)20-22-13-5-2-6-14-22/h1-6,11-14,23-24H,7-10,15-20H2. The van der Waals surface area contributed by atoms with Crippen molar-refractivity contribution in [2.75, 3.05) is 10.7 Å². The number of unbranched alkanes of at least 4 members (excludes halogenated alkanes) is 2. The first kappa shape index (κ1) is 22.6. The van der Waals surface area contributed by atoms with Crippen molar-refractivity contribution in [1.82, 2.24) is 0 Å². The SMILES string of the molecule is BrCCCCC(Cc1ccccc1)OC(CCCCBr)Cc1ccccc1. The molecule has 0 bridgehead atoms. The second kappa shape index (κ2) is 14.4. The van der Waals surface area contributed by atoms with Crippen LogP contribution in [0.5, 0.6) is 0 Å². The van der Waals surface area contributed by atoms with Crippen molar-refractivity contribution in [3.63, 3.8) is 0 Å². The molecule has 148 valence electrons. The predicted octanol–water partition coefficient (Wildman–Crippen LogP) is 7.36. The molecule has 2 unspecified atom stereocenters. The predicted molar refractivity (Wildman–Crippen MR) is 124 cm³/mol. The Balaban J connectivity index is 2.01. The van der Waals surface area contributed by atoms with Crippen LogP contribution in [0.4, 0.5) is 0 Å². The van der Waals surface area contributed by atoms with E-state index in [0.29, 0.717) is 12.2 Å². The fourth-order valence-corrected chi connectivity index (χ4v) is 4.19. The van der Waals surface area contributed by atoms with Gasteiger partial charge < -0.3 is 4.74 Å². The summed E-state index contributed by atoms with van der Waals surface area (Å²) < 4.78 is 6.72. The molecule has 0 aliphatic carbocycles. The van der Waals surface area contributed by atoms with E-state index in [9.17, 15) is 0 Å². The monoisotopic (exact) mass is 494 g/mol. The van der Waals surface area contributed by atoms with E-state index in [1.54, 1.807) is 0 Å². The minimum absolute atomic E-state index is 0.295. The molecule has 2 aromatic rings. The van der Waals surface area contributed by atoms with Gasteiger partial charge in [0.2, 0.25) is 0 Å². The van der Waals surface area contributed by atoms with E-state index < -0.39 is 0 Å². The Morgan fingerprint density at radius 1 is 0.593 bits per heavy atom. The highest BCUT2D eigenvalue weighted by molar-refractivity contribution is 9.09. The average molecular weight is 496 g/mol. The summed E-state index contributed by atoms with van der Waals surface area (Å²) in [5.74, 6) is 0. The topological polar surface area (TPSA) is 9.23 Å². The van der Waals surface area contributed by atoms with Crippen molar-refractivity contribution < 1.29 is 4.74 Å². The lowest BCUT2D eigenvalue weighted by Crippen LogP contribution is -2.26. The summed E-state index contributed by atoms with van der Waals surface area (Å²) >= 11 is 7.12. The maximum Gasteiger partial charge on any atom is 0.0619 e. The molecule has 0 amide bonds. The van der Waals surface area contributed by atoms with Gasteiger partial charge in [-0.3, -0.25) is 0 Å². The molecule has 1 nitrogen and oxygen atoms in total. The zero-order valence-electron chi connectivity index (χ0n) is 16.2. The third-order valence-electron chi connectivity index (χ3n) is 4.82. The Bertz CT molecular complexity index is 534. The normalized spacial score (nSPS) is 13.4. The Kier molecular flexibility index (Phi) is 12.1. The lowest BCUT2D eigenvalue weighted by molar-refractivity contribution is -0.0212. The van der Waals surface area contributed by atoms with E-state index in [1.807, 2.05) is 0 Å². The third kappa shape index (κ3) is 9.91. The van der Waals surface area contributed by atoms with Gasteiger partial charge in [-0.15, -0.1) is 0 Å². The highest BCUT2D eigenvalue weighted by Gasteiger charge is 2.18. The highest BCUT2D eigenvalue weighted by Crippen LogP contribution is 2.20. The van der Waals surface area contributed by atoms with Gasteiger partial charge in [-0.25, -0.2) is 0 Å². The zero-order chi connectivity index (χ0) is 19.2. The summed E-state index contributed by atoms with van der Waals surface area (Å²) in [5, 5.41) is 2.15. The van der Waals surface area contributed by atoms with Crippen LogP contribution >= 0.6 is 31.9 Å². The molecule has 0 saturated heterocycles. The molecule has 2 rings (SSSR count). The summed E-state index contributed by atoms with van der Waals surface area (Å²) in [6.45, 7) is 0. The van der Waals surface area contributed by atoms with Crippen molar-refractivity contribution >= 4 is 31.9 Å². The maximum absolute atomic E-state index is 6.72. The number of benzene rings is 2. The molecule has 0 aliphatic heterocycles. The minimum Gasteiger partial charge on any atom is -0.374 e. The van der Waals surface area contributed by atoms with Crippen molar-refractivity contribution in [2.24, 2.45) is 0 Å². The minimum atomic E-state index is 0.295. The Labute approximate surface area is 182 Å². The summed E-state index contributed by atoms with van der Waals surface area (Å²) in [5.41, 5.74) is 2.75. The molecule has 27 heavy (non-hydrogen) atoms. The lowest BCUT2D eigenvalue weighted by atomic mass is 10.0. The fourth-order valence-electron chi connectivity index (χ4n) is 3.40. The van der Waals surface area contributed by atoms with Crippen molar-refractivity contribution in [1.29, 1.82) is 0 Å². The second-order valence-electron chi connectivity index (χ2n) is 7.13. The Morgan fingerprint density at radius 2 is 1.00 bits per heavy atom. The molecule has 0 aromatic heterocycles. The van der Waals surface area contributed by atoms with Gasteiger partial charge >= 0.3 is 0 Å². The maximum atomic E-state index is 6.72. The molecule has 0 N–H and O–H groups in total. The van der Waals surface area contributed by atoms with Gasteiger partial charge in [0.15, 0.2) is 0 Å². The van der Waals surface area contributed by atoms with Gasteiger partial charge in [0.1, 0.15) is 0 Å². The fraction of sp³-hybridized carbons (Fsp3) is 0.500. The smallest absolute Gasteiger partial charge is 0.0619 e. The van der Waals surface area contributed by atoms with Crippen molar-refractivity contribution in [2.45, 2.75) is 63.6 Å². The summed E-state index contributed by atoms with van der Waals surface area (Å²) in [4.78, 5) is 0. The highest BCUT2D eigenvalue weighted by atomic mass is 79.9. The van der Waals surface area contributed by atoms with Crippen molar-refractivity contribution in [3.05, 3.63) is 71.8 Å². The average Bonchev–Trinajstić information content (AvgIpc) is 2.70. The summed E-state index contributed by atoms with van der Waals surface area (Å²) in [6, 6.07) is 21.6. The van der Waals surface area contributed by atoms with E-state index in [0.717, 1.165) is 36.3 Å². The van der Waals surface area contributed by atoms with Crippen LogP contribution in [-0.2, 0) is 17.6 Å². The van der Waals surface area contributed by atoms with Gasteiger partial charge in [-0.05, 0) is 49.7 Å². The zero-order valence-corrected chi connectivity index (χ0v) is 19.3. The molecular weight excluding hydrogens is 464 g/mol. The van der Waals surface area contributed by atoms with E-state index in [2.05, 4.69) is 92.5 Å². The van der Waals surface area contributed by atoms with Gasteiger partial charge in [-0.1, -0.05) is 105 Å². The van der Waals surface area contributed by atoms with Crippen molar-refractivity contribution in [3.8, 4) is 0 Å². The molecule has 0 radical (unpaired) electrons. The first-order valence-electron chi connectivity index (χ1n) is 10.2. The number of halogens is 2. The van der Waals surface area contributed by atoms with Gasteiger partial charge in [-0.2, -0.15) is 0 Å². The lowest BCUT2D eigenvalue weighted by Gasteiger charge is -2.26. The molecule has 0 fully saturated rings. The summed E-state index contributed by atoms with van der Waals surface area (Å²) in [7, 11) is 0. The Morgan fingerprint density at radius 3 is 1.37 bits per heavy atom. The molecule has 0 spiro atoms. The Hall–Kier alpha value is -0.640. The summed E-state index contributed by atoms with van der Waals surface area (Å²) in [6.07, 6.45) is 9.70. The first-order chi connectivity index (χ1) is 13.3. The van der Waals surface area contributed by atoms with Crippen LogP contribution in [-0.4, -0.2) is 22.9 Å². The van der Waals surface area contributed by atoms with E-state index >= 15 is 0 Å². The van der Waals surface area contributed by atoms with Crippen LogP contribution in [0.25, 0.3) is 0 Å². The third-order valence-corrected chi connectivity index (χ3v) is 5.94. The largest absolute Gasteiger partial charge is 0.374 e. The van der Waals surface area contributed by atoms with Crippen LogP contribution in [0.3, 0.4) is 0 Å². The quantitative estimate of drug-likeness (QED) is 0.196. The number of alkyl halides is 2. The first-order valence-corrected chi connectivity index (χ1v) is 12.4. The number of rotatable bonds is 14. The van der Waals surface area contributed by atoms with Crippen LogP contribution in [0.2, 0.25) is 0 Å². The molecule has 0 saturated carbocycles.